The minimum absolute atomic E-state index is 0.248. The summed E-state index contributed by atoms with van der Waals surface area (Å²) in [5.74, 6) is 0.371. The van der Waals surface area contributed by atoms with Crippen molar-refractivity contribution < 1.29 is 9.13 Å². The molecular weight excluding hydrogens is 243 g/mol. The highest BCUT2D eigenvalue weighted by atomic mass is 19.1. The summed E-state index contributed by atoms with van der Waals surface area (Å²) in [6, 6.07) is 6.12. The van der Waals surface area contributed by atoms with Crippen LogP contribution in [0.1, 0.15) is 18.9 Å². The first-order chi connectivity index (χ1) is 9.10. The van der Waals surface area contributed by atoms with E-state index in [1.807, 2.05) is 12.3 Å². The summed E-state index contributed by atoms with van der Waals surface area (Å²) >= 11 is 0. The highest BCUT2D eigenvalue weighted by molar-refractivity contribution is 5.86. The molecule has 0 amide bonds. The quantitative estimate of drug-likeness (QED) is 0.846. The van der Waals surface area contributed by atoms with Crippen LogP contribution < -0.4 is 4.74 Å². The minimum Gasteiger partial charge on any atom is -0.494 e. The summed E-state index contributed by atoms with van der Waals surface area (Å²) < 4.78 is 21.0. The van der Waals surface area contributed by atoms with E-state index in [2.05, 4.69) is 23.6 Å². The highest BCUT2D eigenvalue weighted by Gasteiger charge is 2.32. The largest absolute Gasteiger partial charge is 0.494 e. The van der Waals surface area contributed by atoms with Crippen LogP contribution in [0.4, 0.5) is 4.39 Å². The molecule has 1 saturated carbocycles. The predicted octanol–water partition coefficient (Wildman–Crippen LogP) is 3.05. The van der Waals surface area contributed by atoms with E-state index in [-0.39, 0.29) is 5.82 Å². The molecule has 4 heteroatoms. The van der Waals surface area contributed by atoms with Gasteiger partial charge in [0.1, 0.15) is 11.6 Å². The third-order valence-corrected chi connectivity index (χ3v) is 4.17. The van der Waals surface area contributed by atoms with Crippen LogP contribution in [0.5, 0.6) is 5.75 Å². The molecule has 1 aliphatic carbocycles. The Balaban J connectivity index is 1.97. The van der Waals surface area contributed by atoms with Crippen molar-refractivity contribution in [3.8, 4) is 5.75 Å². The summed E-state index contributed by atoms with van der Waals surface area (Å²) in [5, 5.41) is 0.908. The fraction of sp³-hybridized carbons (Fsp3) is 0.467. The van der Waals surface area contributed by atoms with Crippen LogP contribution in [-0.4, -0.2) is 36.7 Å². The molecule has 19 heavy (non-hydrogen) atoms. The Bertz CT molecular complexity index is 599. The number of ether oxygens (including phenoxy) is 1. The Morgan fingerprint density at radius 2 is 2.05 bits per heavy atom. The maximum Gasteiger partial charge on any atom is 0.146 e. The van der Waals surface area contributed by atoms with Gasteiger partial charge in [0.05, 0.1) is 12.6 Å². The van der Waals surface area contributed by atoms with Crippen LogP contribution in [0.3, 0.4) is 0 Å². The molecule has 102 valence electrons. The number of aromatic nitrogens is 1. The van der Waals surface area contributed by atoms with Gasteiger partial charge in [-0.1, -0.05) is 0 Å². The van der Waals surface area contributed by atoms with Gasteiger partial charge >= 0.3 is 0 Å². The van der Waals surface area contributed by atoms with Crippen molar-refractivity contribution in [3.63, 3.8) is 0 Å². The lowest BCUT2D eigenvalue weighted by atomic mass is 9.85. The Morgan fingerprint density at radius 1 is 1.32 bits per heavy atom. The topological polar surface area (TPSA) is 17.4 Å². The zero-order valence-corrected chi connectivity index (χ0v) is 11.6. The summed E-state index contributed by atoms with van der Waals surface area (Å²) in [6.07, 6.45) is 4.32. The molecule has 1 aromatic heterocycles. The zero-order chi connectivity index (χ0) is 13.6. The van der Waals surface area contributed by atoms with Crippen LogP contribution in [0.2, 0.25) is 0 Å². The van der Waals surface area contributed by atoms with Crippen LogP contribution in [0.15, 0.2) is 24.4 Å². The maximum absolute atomic E-state index is 13.5. The molecule has 1 aromatic carbocycles. The van der Waals surface area contributed by atoms with Crippen molar-refractivity contribution in [2.24, 2.45) is 0 Å². The van der Waals surface area contributed by atoms with Gasteiger partial charge in [-0.05, 0) is 39.1 Å². The van der Waals surface area contributed by atoms with Crippen LogP contribution in [0, 0.1) is 5.82 Å². The van der Waals surface area contributed by atoms with Crippen molar-refractivity contribution in [1.82, 2.24) is 9.47 Å². The van der Waals surface area contributed by atoms with Gasteiger partial charge in [0.15, 0.2) is 0 Å². The van der Waals surface area contributed by atoms with Gasteiger partial charge < -0.3 is 14.2 Å². The molecule has 0 unspecified atom stereocenters. The third kappa shape index (κ3) is 2.00. The Kier molecular flexibility index (Phi) is 2.97. The smallest absolute Gasteiger partial charge is 0.146 e. The summed E-state index contributed by atoms with van der Waals surface area (Å²) in [6.45, 7) is 0. The number of fused-ring (bicyclic) bond motifs is 1. The van der Waals surface area contributed by atoms with Gasteiger partial charge in [-0.3, -0.25) is 0 Å². The Labute approximate surface area is 112 Å². The van der Waals surface area contributed by atoms with E-state index >= 15 is 0 Å². The fourth-order valence-corrected chi connectivity index (χ4v) is 2.90. The highest BCUT2D eigenvalue weighted by Crippen LogP contribution is 2.39. The number of nitrogens with zero attached hydrogens (tertiary/aromatic N) is 2. The second-order valence-electron chi connectivity index (χ2n) is 5.51. The SMILES string of the molecule is COc1cc(F)cc2ccn(C3CC(N(C)C)C3)c12. The third-order valence-electron chi connectivity index (χ3n) is 4.17. The first-order valence-corrected chi connectivity index (χ1v) is 6.60. The van der Waals surface area contributed by atoms with E-state index < -0.39 is 0 Å². The minimum atomic E-state index is -0.248. The second kappa shape index (κ2) is 4.53. The second-order valence-corrected chi connectivity index (χ2v) is 5.51. The first kappa shape index (κ1) is 12.5. The van der Waals surface area contributed by atoms with Crippen LogP contribution in [-0.2, 0) is 0 Å². The summed E-state index contributed by atoms with van der Waals surface area (Å²) in [7, 11) is 5.82. The van der Waals surface area contributed by atoms with Gasteiger partial charge in [-0.25, -0.2) is 4.39 Å². The van der Waals surface area contributed by atoms with Crippen molar-refractivity contribution >= 4 is 10.9 Å². The monoisotopic (exact) mass is 262 g/mol. The Morgan fingerprint density at radius 3 is 2.68 bits per heavy atom. The Hall–Kier alpha value is -1.55. The molecule has 1 fully saturated rings. The number of halogens is 1. The summed E-state index contributed by atoms with van der Waals surface area (Å²) in [4.78, 5) is 2.26. The van der Waals surface area contributed by atoms with Gasteiger partial charge in [-0.2, -0.15) is 0 Å². The molecule has 0 atom stereocenters. The molecule has 3 rings (SSSR count). The lowest BCUT2D eigenvalue weighted by Gasteiger charge is -2.40. The van der Waals surface area contributed by atoms with E-state index in [9.17, 15) is 4.39 Å². The van der Waals surface area contributed by atoms with Crippen molar-refractivity contribution in [2.75, 3.05) is 21.2 Å². The van der Waals surface area contributed by atoms with E-state index in [1.54, 1.807) is 13.2 Å². The lowest BCUT2D eigenvalue weighted by molar-refractivity contribution is 0.131. The molecule has 0 N–H and O–H groups in total. The first-order valence-electron chi connectivity index (χ1n) is 6.60. The molecule has 2 aromatic rings. The zero-order valence-electron chi connectivity index (χ0n) is 11.6. The van der Waals surface area contributed by atoms with E-state index in [1.165, 1.54) is 6.07 Å². The van der Waals surface area contributed by atoms with Crippen molar-refractivity contribution in [3.05, 3.63) is 30.2 Å². The normalized spacial score (nSPS) is 22.8. The molecule has 0 radical (unpaired) electrons. The van der Waals surface area contributed by atoms with Gasteiger partial charge in [0.25, 0.3) is 0 Å². The number of methoxy groups -OCH3 is 1. The number of benzene rings is 1. The van der Waals surface area contributed by atoms with Crippen molar-refractivity contribution in [1.29, 1.82) is 0 Å². The van der Waals surface area contributed by atoms with E-state index in [4.69, 9.17) is 4.74 Å². The molecule has 0 spiro atoms. The summed E-state index contributed by atoms with van der Waals surface area (Å²) in [5.41, 5.74) is 1.01. The number of hydrogen-bond acceptors (Lipinski definition) is 2. The maximum atomic E-state index is 13.5. The lowest BCUT2D eigenvalue weighted by Crippen LogP contribution is -2.41. The molecular formula is C15H19FN2O. The van der Waals surface area contributed by atoms with Gasteiger partial charge in [-0.15, -0.1) is 0 Å². The van der Waals surface area contributed by atoms with E-state index in [0.717, 1.165) is 23.7 Å². The molecule has 3 nitrogen and oxygen atoms in total. The van der Waals surface area contributed by atoms with E-state index in [0.29, 0.717) is 17.8 Å². The van der Waals surface area contributed by atoms with Gasteiger partial charge in [0.2, 0.25) is 0 Å². The van der Waals surface area contributed by atoms with Crippen LogP contribution in [0.25, 0.3) is 10.9 Å². The van der Waals surface area contributed by atoms with Gasteiger partial charge in [0, 0.05) is 29.7 Å². The van der Waals surface area contributed by atoms with Crippen molar-refractivity contribution in [2.45, 2.75) is 24.9 Å². The molecule has 0 aliphatic heterocycles. The standard InChI is InChI=1S/C15H19FN2O/c1-17(2)12-8-13(9-12)18-5-4-10-6-11(16)7-14(19-3)15(10)18/h4-7,12-13H,8-9H2,1-3H3. The average molecular weight is 262 g/mol. The molecule has 0 saturated heterocycles. The molecule has 0 bridgehead atoms. The average Bonchev–Trinajstić information content (AvgIpc) is 2.69. The molecule has 1 heterocycles. The number of hydrogen-bond donors (Lipinski definition) is 0. The fourth-order valence-electron chi connectivity index (χ4n) is 2.90. The number of rotatable bonds is 3. The molecule has 1 aliphatic rings. The van der Waals surface area contributed by atoms with Crippen LogP contribution >= 0.6 is 0 Å². The predicted molar refractivity (Wildman–Crippen MR) is 74.2 cm³/mol.